The molecular weight excluding hydrogens is 358 g/mol. The average molecular weight is 374 g/mol. The Morgan fingerprint density at radius 2 is 2.24 bits per heavy atom. The van der Waals surface area contributed by atoms with Crippen LogP contribution in [0.5, 0.6) is 5.75 Å². The van der Waals surface area contributed by atoms with Crippen LogP contribution < -0.4 is 5.56 Å². The molecule has 2 aromatic heterocycles. The van der Waals surface area contributed by atoms with Gasteiger partial charge >= 0.3 is 0 Å². The Hall–Kier alpha value is -2.15. The van der Waals surface area contributed by atoms with Gasteiger partial charge in [-0.05, 0) is 29.1 Å². The van der Waals surface area contributed by atoms with Crippen molar-refractivity contribution in [2.75, 3.05) is 6.54 Å². The van der Waals surface area contributed by atoms with E-state index in [4.69, 9.17) is 11.6 Å². The van der Waals surface area contributed by atoms with E-state index >= 15 is 0 Å². The maximum atomic E-state index is 12.5. The van der Waals surface area contributed by atoms with Crippen molar-refractivity contribution in [1.82, 2.24) is 14.9 Å². The third-order valence-electron chi connectivity index (χ3n) is 4.32. The molecule has 0 fully saturated rings. The van der Waals surface area contributed by atoms with Crippen LogP contribution in [0.25, 0.3) is 10.7 Å². The van der Waals surface area contributed by atoms with Gasteiger partial charge in [0.2, 0.25) is 0 Å². The molecule has 0 saturated carbocycles. The van der Waals surface area contributed by atoms with E-state index in [1.54, 1.807) is 23.5 Å². The van der Waals surface area contributed by atoms with E-state index in [9.17, 15) is 9.90 Å². The van der Waals surface area contributed by atoms with Crippen molar-refractivity contribution >= 4 is 22.9 Å². The monoisotopic (exact) mass is 373 g/mol. The number of phenols is 1. The molecule has 128 valence electrons. The number of fused-ring (bicyclic) bond motifs is 1. The zero-order chi connectivity index (χ0) is 17.4. The number of hydrogen-bond acceptors (Lipinski definition) is 5. The first kappa shape index (κ1) is 16.3. The lowest BCUT2D eigenvalue weighted by Crippen LogP contribution is -2.35. The van der Waals surface area contributed by atoms with E-state index in [0.717, 1.165) is 34.7 Å². The molecule has 0 atom stereocenters. The second kappa shape index (κ2) is 6.63. The van der Waals surface area contributed by atoms with Crippen LogP contribution in [0.4, 0.5) is 0 Å². The molecule has 1 aromatic carbocycles. The SMILES string of the molecule is O=c1[nH]c(-c2cccs2)nc2c1CN(Cc1ccc(O)c(Cl)c1)CC2. The van der Waals surface area contributed by atoms with Gasteiger partial charge in [-0.2, -0.15) is 0 Å². The van der Waals surface area contributed by atoms with Crippen LogP contribution in [-0.2, 0) is 19.5 Å². The summed E-state index contributed by atoms with van der Waals surface area (Å²) in [5.74, 6) is 0.730. The molecule has 0 amide bonds. The molecule has 3 aromatic rings. The van der Waals surface area contributed by atoms with Gasteiger partial charge < -0.3 is 10.1 Å². The van der Waals surface area contributed by atoms with Crippen molar-refractivity contribution in [3.8, 4) is 16.5 Å². The minimum atomic E-state index is -0.0677. The van der Waals surface area contributed by atoms with Gasteiger partial charge in [-0.25, -0.2) is 4.98 Å². The highest BCUT2D eigenvalue weighted by atomic mass is 35.5. The predicted molar refractivity (Wildman–Crippen MR) is 99.1 cm³/mol. The Balaban J connectivity index is 1.57. The largest absolute Gasteiger partial charge is 0.506 e. The number of aromatic nitrogens is 2. The Labute approximate surface area is 153 Å². The lowest BCUT2D eigenvalue weighted by Gasteiger charge is -2.27. The summed E-state index contributed by atoms with van der Waals surface area (Å²) < 4.78 is 0. The number of benzene rings is 1. The number of nitrogens with zero attached hydrogens (tertiary/aromatic N) is 2. The first-order valence-corrected chi connectivity index (χ1v) is 9.21. The number of nitrogens with one attached hydrogen (secondary N) is 1. The van der Waals surface area contributed by atoms with Crippen LogP contribution in [0.1, 0.15) is 16.8 Å². The van der Waals surface area contributed by atoms with Gasteiger partial charge in [0.1, 0.15) is 5.75 Å². The second-order valence-corrected chi connectivity index (χ2v) is 7.42. The van der Waals surface area contributed by atoms with Crippen molar-refractivity contribution in [2.24, 2.45) is 0 Å². The lowest BCUT2D eigenvalue weighted by atomic mass is 10.1. The maximum absolute atomic E-state index is 12.5. The zero-order valence-corrected chi connectivity index (χ0v) is 14.9. The van der Waals surface area contributed by atoms with Crippen LogP contribution in [-0.4, -0.2) is 26.5 Å². The zero-order valence-electron chi connectivity index (χ0n) is 13.3. The fourth-order valence-electron chi connectivity index (χ4n) is 3.05. The quantitative estimate of drug-likeness (QED) is 0.738. The van der Waals surface area contributed by atoms with Crippen molar-refractivity contribution in [3.05, 3.63) is 67.9 Å². The van der Waals surface area contributed by atoms with Crippen LogP contribution in [0.3, 0.4) is 0 Å². The van der Waals surface area contributed by atoms with Gasteiger partial charge in [-0.15, -0.1) is 11.3 Å². The van der Waals surface area contributed by atoms with Crippen molar-refractivity contribution in [1.29, 1.82) is 0 Å². The van der Waals surface area contributed by atoms with Gasteiger partial charge in [0.05, 0.1) is 21.2 Å². The average Bonchev–Trinajstić information content (AvgIpc) is 3.13. The van der Waals surface area contributed by atoms with Crippen LogP contribution in [0, 0.1) is 0 Å². The molecule has 0 saturated heterocycles. The molecule has 0 spiro atoms. The van der Waals surface area contributed by atoms with E-state index in [-0.39, 0.29) is 11.3 Å². The molecule has 0 unspecified atom stereocenters. The fraction of sp³-hybridized carbons (Fsp3) is 0.222. The van der Waals surface area contributed by atoms with Gasteiger partial charge in [0, 0.05) is 26.1 Å². The van der Waals surface area contributed by atoms with Crippen LogP contribution in [0.2, 0.25) is 5.02 Å². The number of thiophene rings is 1. The highest BCUT2D eigenvalue weighted by Crippen LogP contribution is 2.26. The maximum Gasteiger partial charge on any atom is 0.255 e. The number of H-pyrrole nitrogens is 1. The van der Waals surface area contributed by atoms with Gasteiger partial charge in [0.25, 0.3) is 5.56 Å². The van der Waals surface area contributed by atoms with E-state index in [1.165, 1.54) is 0 Å². The van der Waals surface area contributed by atoms with E-state index in [2.05, 4.69) is 14.9 Å². The summed E-state index contributed by atoms with van der Waals surface area (Å²) >= 11 is 7.54. The number of phenolic OH excluding ortho intramolecular Hbond substituents is 1. The summed E-state index contributed by atoms with van der Waals surface area (Å²) in [7, 11) is 0. The standard InChI is InChI=1S/C18H16ClN3O2S/c19-13-8-11(3-4-15(13)23)9-22-6-5-14-12(10-22)18(24)21-17(20-14)16-2-1-7-25-16/h1-4,7-8,23H,5-6,9-10H2,(H,20,21,24). The summed E-state index contributed by atoms with van der Waals surface area (Å²) in [6.45, 7) is 2.05. The van der Waals surface area contributed by atoms with E-state index < -0.39 is 0 Å². The molecule has 25 heavy (non-hydrogen) atoms. The molecule has 1 aliphatic heterocycles. The lowest BCUT2D eigenvalue weighted by molar-refractivity contribution is 0.242. The molecule has 5 nitrogen and oxygen atoms in total. The fourth-order valence-corrected chi connectivity index (χ4v) is 3.93. The molecule has 0 aliphatic carbocycles. The minimum Gasteiger partial charge on any atom is -0.506 e. The van der Waals surface area contributed by atoms with Gasteiger partial charge in [-0.3, -0.25) is 9.69 Å². The molecule has 2 N–H and O–H groups in total. The van der Waals surface area contributed by atoms with Crippen molar-refractivity contribution in [2.45, 2.75) is 19.5 Å². The summed E-state index contributed by atoms with van der Waals surface area (Å²) in [6.07, 6.45) is 0.740. The molecule has 0 bridgehead atoms. The minimum absolute atomic E-state index is 0.0677. The smallest absolute Gasteiger partial charge is 0.255 e. The number of halogens is 1. The third-order valence-corrected chi connectivity index (χ3v) is 5.50. The Morgan fingerprint density at radius 3 is 3.00 bits per heavy atom. The Bertz CT molecular complexity index is 969. The summed E-state index contributed by atoms with van der Waals surface area (Å²) in [6, 6.07) is 9.11. The van der Waals surface area contributed by atoms with Crippen LogP contribution >= 0.6 is 22.9 Å². The van der Waals surface area contributed by atoms with Gasteiger partial charge in [-0.1, -0.05) is 23.7 Å². The first-order valence-electron chi connectivity index (χ1n) is 7.96. The molecule has 7 heteroatoms. The molecular formula is C18H16ClN3O2S. The van der Waals surface area contributed by atoms with Crippen molar-refractivity contribution in [3.63, 3.8) is 0 Å². The third kappa shape index (κ3) is 3.33. The number of aromatic hydroxyl groups is 1. The Morgan fingerprint density at radius 1 is 1.36 bits per heavy atom. The summed E-state index contributed by atoms with van der Waals surface area (Å²) in [5.41, 5.74) is 2.55. The number of rotatable bonds is 3. The van der Waals surface area contributed by atoms with E-state index in [1.807, 2.05) is 23.6 Å². The van der Waals surface area contributed by atoms with E-state index in [0.29, 0.717) is 23.9 Å². The first-order chi connectivity index (χ1) is 12.1. The van der Waals surface area contributed by atoms with Crippen molar-refractivity contribution < 1.29 is 5.11 Å². The second-order valence-electron chi connectivity index (χ2n) is 6.06. The Kier molecular flexibility index (Phi) is 4.33. The predicted octanol–water partition coefficient (Wildman–Crippen LogP) is 3.42. The number of hydrogen-bond donors (Lipinski definition) is 2. The normalized spacial score (nSPS) is 14.4. The van der Waals surface area contributed by atoms with Crippen LogP contribution in [0.15, 0.2) is 40.5 Å². The van der Waals surface area contributed by atoms with Gasteiger partial charge in [0.15, 0.2) is 5.82 Å². The highest BCUT2D eigenvalue weighted by molar-refractivity contribution is 7.13. The highest BCUT2D eigenvalue weighted by Gasteiger charge is 2.22. The molecule has 4 rings (SSSR count). The molecule has 1 aliphatic rings. The number of aromatic amines is 1. The molecule has 3 heterocycles. The molecule has 0 radical (unpaired) electrons. The topological polar surface area (TPSA) is 69.2 Å². The summed E-state index contributed by atoms with van der Waals surface area (Å²) in [5, 5.41) is 11.8. The summed E-state index contributed by atoms with van der Waals surface area (Å²) in [4.78, 5) is 23.2.